The summed E-state index contributed by atoms with van der Waals surface area (Å²) in [5, 5.41) is 19.9. The molecule has 1 fully saturated rings. The van der Waals surface area contributed by atoms with E-state index < -0.39 is 5.97 Å². The van der Waals surface area contributed by atoms with Gasteiger partial charge in [-0.25, -0.2) is 4.79 Å². The standard InChI is InChI=1S/C25H25N3O5/c1-16(2)32-24-22(28-13-7-12-19(23(28)27-24)33-18-10-6-11-18)21(25(29)30)20(14-26)31-15-17-8-4-3-5-9-17/h3-5,7-9,12-13,16,18H,6,10-11,15H2,1-2H3,(H,29,30). The van der Waals surface area contributed by atoms with E-state index in [9.17, 15) is 15.2 Å². The van der Waals surface area contributed by atoms with E-state index >= 15 is 0 Å². The molecule has 0 atom stereocenters. The van der Waals surface area contributed by atoms with Crippen molar-refractivity contribution in [2.45, 2.75) is 51.9 Å². The molecule has 1 N–H and O–H groups in total. The summed E-state index contributed by atoms with van der Waals surface area (Å²) in [6.45, 7) is 3.69. The van der Waals surface area contributed by atoms with Gasteiger partial charge in [-0.1, -0.05) is 30.3 Å². The number of carboxylic acid groups (broad SMARTS) is 1. The fraction of sp³-hybridized carbons (Fsp3) is 0.320. The number of rotatable bonds is 9. The molecule has 0 aliphatic heterocycles. The number of fused-ring (bicyclic) bond motifs is 1. The van der Waals surface area contributed by atoms with Crippen LogP contribution in [0.25, 0.3) is 11.2 Å². The Balaban J connectivity index is 1.83. The summed E-state index contributed by atoms with van der Waals surface area (Å²) in [6.07, 6.45) is 4.57. The molecule has 8 nitrogen and oxygen atoms in total. The van der Waals surface area contributed by atoms with Crippen LogP contribution in [0.4, 0.5) is 0 Å². The number of carbonyl (C=O) groups is 1. The molecule has 4 rings (SSSR count). The molecule has 2 heterocycles. The molecule has 1 aliphatic carbocycles. The van der Waals surface area contributed by atoms with Crippen molar-refractivity contribution in [2.75, 3.05) is 0 Å². The molecule has 3 aromatic rings. The Bertz CT molecular complexity index is 1220. The summed E-state index contributed by atoms with van der Waals surface area (Å²) < 4.78 is 19.2. The van der Waals surface area contributed by atoms with E-state index in [1.54, 1.807) is 22.7 Å². The van der Waals surface area contributed by atoms with Crippen LogP contribution in [-0.4, -0.2) is 32.7 Å². The van der Waals surface area contributed by atoms with Crippen molar-refractivity contribution in [1.82, 2.24) is 9.38 Å². The molecule has 0 unspecified atom stereocenters. The zero-order chi connectivity index (χ0) is 23.4. The lowest BCUT2D eigenvalue weighted by Gasteiger charge is -2.26. The van der Waals surface area contributed by atoms with Crippen molar-refractivity contribution >= 4 is 17.2 Å². The van der Waals surface area contributed by atoms with Gasteiger partial charge in [-0.3, -0.25) is 4.40 Å². The lowest BCUT2D eigenvalue weighted by Crippen LogP contribution is -2.24. The van der Waals surface area contributed by atoms with Gasteiger partial charge >= 0.3 is 5.97 Å². The molecule has 33 heavy (non-hydrogen) atoms. The monoisotopic (exact) mass is 447 g/mol. The molecule has 0 saturated heterocycles. The molecular weight excluding hydrogens is 422 g/mol. The maximum absolute atomic E-state index is 12.4. The third-order valence-electron chi connectivity index (χ3n) is 5.28. The lowest BCUT2D eigenvalue weighted by atomic mass is 9.96. The van der Waals surface area contributed by atoms with Crippen LogP contribution in [0.15, 0.2) is 54.4 Å². The quantitative estimate of drug-likeness (QED) is 0.290. The molecule has 0 spiro atoms. The number of carboxylic acids is 1. The molecular formula is C25H25N3O5. The maximum atomic E-state index is 12.4. The second-order valence-corrected chi connectivity index (χ2v) is 8.06. The van der Waals surface area contributed by atoms with Crippen LogP contribution in [0.3, 0.4) is 0 Å². The Hall–Kier alpha value is -3.99. The molecule has 0 amide bonds. The fourth-order valence-corrected chi connectivity index (χ4v) is 3.51. The largest absolute Gasteiger partial charge is 0.487 e. The van der Waals surface area contributed by atoms with Crippen molar-refractivity contribution < 1.29 is 24.1 Å². The molecule has 2 aromatic heterocycles. The SMILES string of the molecule is CC(C)Oc1nc2c(OC3CCC3)cccn2c1C(C(=O)O)=C(C#N)OCc1ccccc1. The highest BCUT2D eigenvalue weighted by atomic mass is 16.5. The maximum Gasteiger partial charge on any atom is 0.342 e. The van der Waals surface area contributed by atoms with Crippen LogP contribution in [0.1, 0.15) is 44.4 Å². The van der Waals surface area contributed by atoms with Gasteiger partial charge in [0, 0.05) is 6.20 Å². The predicted molar refractivity (Wildman–Crippen MR) is 121 cm³/mol. The Morgan fingerprint density at radius 1 is 1.24 bits per heavy atom. The molecule has 0 bridgehead atoms. The number of nitriles is 1. The topological polar surface area (TPSA) is 106 Å². The highest BCUT2D eigenvalue weighted by Gasteiger charge is 2.30. The molecule has 8 heteroatoms. The van der Waals surface area contributed by atoms with Crippen LogP contribution >= 0.6 is 0 Å². The normalized spacial score (nSPS) is 14.4. The summed E-state index contributed by atoms with van der Waals surface area (Å²) in [5.41, 5.74) is 1.05. The molecule has 1 aromatic carbocycles. The highest BCUT2D eigenvalue weighted by molar-refractivity contribution is 6.17. The third kappa shape index (κ3) is 4.77. The minimum absolute atomic E-state index is 0.0493. The van der Waals surface area contributed by atoms with Crippen LogP contribution in [0, 0.1) is 11.3 Å². The lowest BCUT2D eigenvalue weighted by molar-refractivity contribution is -0.130. The predicted octanol–water partition coefficient (Wildman–Crippen LogP) is 4.59. The van der Waals surface area contributed by atoms with Crippen LogP contribution < -0.4 is 9.47 Å². The third-order valence-corrected chi connectivity index (χ3v) is 5.28. The Morgan fingerprint density at radius 2 is 2.00 bits per heavy atom. The van der Waals surface area contributed by atoms with Crippen LogP contribution in [-0.2, 0) is 16.1 Å². The van der Waals surface area contributed by atoms with Gasteiger partial charge in [0.05, 0.1) is 12.2 Å². The van der Waals surface area contributed by atoms with E-state index in [4.69, 9.17) is 14.2 Å². The first-order valence-corrected chi connectivity index (χ1v) is 10.9. The Kier molecular flexibility index (Phi) is 6.50. The van der Waals surface area contributed by atoms with Gasteiger partial charge in [-0.2, -0.15) is 10.2 Å². The van der Waals surface area contributed by atoms with Gasteiger partial charge < -0.3 is 19.3 Å². The van der Waals surface area contributed by atoms with Gasteiger partial charge in [-0.05, 0) is 50.8 Å². The number of nitrogens with zero attached hydrogens (tertiary/aromatic N) is 3. The summed E-state index contributed by atoms with van der Waals surface area (Å²) >= 11 is 0. The second kappa shape index (κ2) is 9.65. The average Bonchev–Trinajstić information content (AvgIpc) is 3.11. The van der Waals surface area contributed by atoms with Gasteiger partial charge in [-0.15, -0.1) is 0 Å². The molecule has 0 radical (unpaired) electrons. The number of benzene rings is 1. The minimum Gasteiger partial charge on any atom is -0.487 e. The average molecular weight is 447 g/mol. The number of imidazole rings is 1. The van der Waals surface area contributed by atoms with Crippen molar-refractivity contribution in [3.8, 4) is 17.7 Å². The van der Waals surface area contributed by atoms with E-state index in [-0.39, 0.29) is 41.7 Å². The first-order chi connectivity index (χ1) is 16.0. The summed E-state index contributed by atoms with van der Waals surface area (Å²) in [7, 11) is 0. The number of hydrogen-bond acceptors (Lipinski definition) is 6. The number of aliphatic carboxylic acids is 1. The van der Waals surface area contributed by atoms with Gasteiger partial charge in [0.2, 0.25) is 11.6 Å². The van der Waals surface area contributed by atoms with E-state index in [1.165, 1.54) is 0 Å². The van der Waals surface area contributed by atoms with Crippen LogP contribution in [0.5, 0.6) is 11.6 Å². The summed E-state index contributed by atoms with van der Waals surface area (Å²) in [5.74, 6) is -1.01. The van der Waals surface area contributed by atoms with Crippen molar-refractivity contribution in [1.29, 1.82) is 5.26 Å². The zero-order valence-electron chi connectivity index (χ0n) is 18.5. The molecule has 1 saturated carbocycles. The molecule has 1 aliphatic rings. The van der Waals surface area contributed by atoms with Crippen molar-refractivity contribution in [3.05, 3.63) is 65.7 Å². The minimum atomic E-state index is -1.32. The number of allylic oxidation sites excluding steroid dienone is 1. The first-order valence-electron chi connectivity index (χ1n) is 10.9. The highest BCUT2D eigenvalue weighted by Crippen LogP contribution is 2.35. The van der Waals surface area contributed by atoms with E-state index in [0.717, 1.165) is 24.8 Å². The van der Waals surface area contributed by atoms with Gasteiger partial charge in [0.25, 0.3) is 0 Å². The van der Waals surface area contributed by atoms with E-state index in [2.05, 4.69) is 4.98 Å². The fourth-order valence-electron chi connectivity index (χ4n) is 3.51. The number of pyridine rings is 1. The van der Waals surface area contributed by atoms with Gasteiger partial charge in [0.15, 0.2) is 11.4 Å². The van der Waals surface area contributed by atoms with Crippen LogP contribution in [0.2, 0.25) is 0 Å². The number of ether oxygens (including phenoxy) is 3. The van der Waals surface area contributed by atoms with E-state index in [0.29, 0.717) is 11.4 Å². The number of hydrogen-bond donors (Lipinski definition) is 1. The van der Waals surface area contributed by atoms with E-state index in [1.807, 2.05) is 50.2 Å². The zero-order valence-corrected chi connectivity index (χ0v) is 18.5. The second-order valence-electron chi connectivity index (χ2n) is 8.06. The Morgan fingerprint density at radius 3 is 2.61 bits per heavy atom. The smallest absolute Gasteiger partial charge is 0.342 e. The Labute approximate surface area is 191 Å². The van der Waals surface area contributed by atoms with Crippen molar-refractivity contribution in [3.63, 3.8) is 0 Å². The summed E-state index contributed by atoms with van der Waals surface area (Å²) in [6, 6.07) is 14.7. The summed E-state index contributed by atoms with van der Waals surface area (Å²) in [4.78, 5) is 16.9. The van der Waals surface area contributed by atoms with Crippen molar-refractivity contribution in [2.24, 2.45) is 0 Å². The number of aromatic nitrogens is 2. The first kappa shape index (κ1) is 22.2. The van der Waals surface area contributed by atoms with Gasteiger partial charge in [0.1, 0.15) is 23.9 Å². The molecule has 170 valence electrons.